The Kier molecular flexibility index (Phi) is 5.89. The summed E-state index contributed by atoms with van der Waals surface area (Å²) in [5.74, 6) is 0.161. The standard InChI is InChI=1S/C23H20N6O3/c1-32-20-11-21(29-10-2-9-28-29)26-14-18(20)23(31)27-13-15-3-8-19(25-12-15)16-4-6-17(7-5-16)22(24)30/h2-12,14H,13H2,1H3,(H2,24,30)(H,27,31). The van der Waals surface area contributed by atoms with Crippen molar-refractivity contribution < 1.29 is 14.3 Å². The first-order chi connectivity index (χ1) is 15.5. The zero-order valence-electron chi connectivity index (χ0n) is 17.2. The molecule has 3 N–H and O–H groups in total. The molecule has 0 bridgehead atoms. The molecule has 0 atom stereocenters. The minimum Gasteiger partial charge on any atom is -0.496 e. The van der Waals surface area contributed by atoms with E-state index in [1.54, 1.807) is 59.7 Å². The van der Waals surface area contributed by atoms with E-state index < -0.39 is 5.91 Å². The molecule has 9 nitrogen and oxygen atoms in total. The first kappa shape index (κ1) is 20.7. The smallest absolute Gasteiger partial charge is 0.256 e. The molecule has 4 aromatic rings. The summed E-state index contributed by atoms with van der Waals surface area (Å²) in [6.07, 6.45) is 6.55. The maximum atomic E-state index is 12.7. The molecule has 1 aromatic carbocycles. The molecule has 0 saturated carbocycles. The van der Waals surface area contributed by atoms with E-state index in [1.165, 1.54) is 13.3 Å². The molecule has 2 amide bonds. The van der Waals surface area contributed by atoms with Crippen LogP contribution < -0.4 is 15.8 Å². The zero-order valence-corrected chi connectivity index (χ0v) is 17.2. The number of hydrogen-bond acceptors (Lipinski definition) is 6. The van der Waals surface area contributed by atoms with Gasteiger partial charge in [0.2, 0.25) is 5.91 Å². The number of aromatic nitrogens is 4. The fourth-order valence-electron chi connectivity index (χ4n) is 3.08. The number of carbonyl (C=O) groups excluding carboxylic acids is 2. The van der Waals surface area contributed by atoms with E-state index in [4.69, 9.17) is 10.5 Å². The van der Waals surface area contributed by atoms with Crippen LogP contribution in [-0.4, -0.2) is 38.7 Å². The first-order valence-corrected chi connectivity index (χ1v) is 9.72. The van der Waals surface area contributed by atoms with Crippen LogP contribution in [0, 0.1) is 0 Å². The van der Waals surface area contributed by atoms with Crippen molar-refractivity contribution in [1.82, 2.24) is 25.1 Å². The molecule has 0 spiro atoms. The van der Waals surface area contributed by atoms with Gasteiger partial charge in [-0.1, -0.05) is 18.2 Å². The molecule has 0 unspecified atom stereocenters. The van der Waals surface area contributed by atoms with Gasteiger partial charge in [0.15, 0.2) is 5.82 Å². The fourth-order valence-corrected chi connectivity index (χ4v) is 3.08. The highest BCUT2D eigenvalue weighted by atomic mass is 16.5. The number of ether oxygens (including phenoxy) is 1. The number of primary amides is 1. The Morgan fingerprint density at radius 1 is 1.09 bits per heavy atom. The molecule has 0 fully saturated rings. The Bertz CT molecular complexity index is 1240. The summed E-state index contributed by atoms with van der Waals surface area (Å²) in [7, 11) is 1.50. The van der Waals surface area contributed by atoms with Crippen molar-refractivity contribution in [2.75, 3.05) is 7.11 Å². The minimum atomic E-state index is -0.474. The Morgan fingerprint density at radius 2 is 1.91 bits per heavy atom. The van der Waals surface area contributed by atoms with Gasteiger partial charge in [0.25, 0.3) is 5.91 Å². The van der Waals surface area contributed by atoms with Gasteiger partial charge in [-0.2, -0.15) is 5.10 Å². The molecule has 0 aliphatic carbocycles. The molecule has 9 heteroatoms. The number of nitrogens with zero attached hydrogens (tertiary/aromatic N) is 4. The molecular formula is C23H20N6O3. The number of benzene rings is 1. The number of hydrogen-bond donors (Lipinski definition) is 2. The van der Waals surface area contributed by atoms with Gasteiger partial charge in [0, 0.05) is 48.5 Å². The van der Waals surface area contributed by atoms with E-state index in [9.17, 15) is 9.59 Å². The Morgan fingerprint density at radius 3 is 2.53 bits per heavy atom. The van der Waals surface area contributed by atoms with E-state index in [-0.39, 0.29) is 12.5 Å². The fraction of sp³-hybridized carbons (Fsp3) is 0.0870. The van der Waals surface area contributed by atoms with Crippen LogP contribution in [0.5, 0.6) is 5.75 Å². The maximum Gasteiger partial charge on any atom is 0.256 e. The second-order valence-corrected chi connectivity index (χ2v) is 6.87. The monoisotopic (exact) mass is 428 g/mol. The van der Waals surface area contributed by atoms with E-state index in [1.807, 2.05) is 12.1 Å². The van der Waals surface area contributed by atoms with Crippen LogP contribution in [0.3, 0.4) is 0 Å². The highest BCUT2D eigenvalue weighted by Crippen LogP contribution is 2.21. The van der Waals surface area contributed by atoms with E-state index >= 15 is 0 Å². The van der Waals surface area contributed by atoms with Crippen molar-refractivity contribution in [3.05, 3.63) is 90.0 Å². The lowest BCUT2D eigenvalue weighted by Gasteiger charge is -2.11. The SMILES string of the molecule is COc1cc(-n2cccn2)ncc1C(=O)NCc1ccc(-c2ccc(C(N)=O)cc2)nc1. The van der Waals surface area contributed by atoms with Gasteiger partial charge >= 0.3 is 0 Å². The molecule has 0 aliphatic heterocycles. The summed E-state index contributed by atoms with van der Waals surface area (Å²) < 4.78 is 6.94. The van der Waals surface area contributed by atoms with E-state index in [0.29, 0.717) is 22.7 Å². The number of carbonyl (C=O) groups is 2. The van der Waals surface area contributed by atoms with Gasteiger partial charge in [-0.15, -0.1) is 0 Å². The van der Waals surface area contributed by atoms with Gasteiger partial charge in [-0.25, -0.2) is 9.67 Å². The second kappa shape index (κ2) is 9.09. The quantitative estimate of drug-likeness (QED) is 0.466. The highest BCUT2D eigenvalue weighted by molar-refractivity contribution is 5.96. The number of nitrogens with two attached hydrogens (primary N) is 1. The van der Waals surface area contributed by atoms with Crippen LogP contribution in [0.4, 0.5) is 0 Å². The molecule has 0 radical (unpaired) electrons. The Labute approximate surface area is 183 Å². The average Bonchev–Trinajstić information content (AvgIpc) is 3.37. The normalized spacial score (nSPS) is 10.5. The summed E-state index contributed by atoms with van der Waals surface area (Å²) in [5.41, 5.74) is 8.46. The number of rotatable bonds is 7. The van der Waals surface area contributed by atoms with Crippen molar-refractivity contribution in [1.29, 1.82) is 0 Å². The molecular weight excluding hydrogens is 408 g/mol. The predicted molar refractivity (Wildman–Crippen MR) is 117 cm³/mol. The largest absolute Gasteiger partial charge is 0.496 e. The highest BCUT2D eigenvalue weighted by Gasteiger charge is 2.15. The van der Waals surface area contributed by atoms with Crippen molar-refractivity contribution in [3.8, 4) is 22.8 Å². The lowest BCUT2D eigenvalue weighted by molar-refractivity contribution is 0.0946. The molecule has 0 saturated heterocycles. The van der Waals surface area contributed by atoms with Gasteiger partial charge in [-0.3, -0.25) is 14.6 Å². The van der Waals surface area contributed by atoms with Gasteiger partial charge < -0.3 is 15.8 Å². The van der Waals surface area contributed by atoms with Crippen LogP contribution in [0.15, 0.2) is 73.3 Å². The van der Waals surface area contributed by atoms with Crippen LogP contribution in [0.1, 0.15) is 26.3 Å². The summed E-state index contributed by atoms with van der Waals surface area (Å²) in [4.78, 5) is 32.6. The molecule has 4 rings (SSSR count). The third-order valence-corrected chi connectivity index (χ3v) is 4.80. The Balaban J connectivity index is 1.42. The lowest BCUT2D eigenvalue weighted by Crippen LogP contribution is -2.23. The summed E-state index contributed by atoms with van der Waals surface area (Å²) in [6, 6.07) is 14.1. The van der Waals surface area contributed by atoms with Crippen molar-refractivity contribution in [3.63, 3.8) is 0 Å². The van der Waals surface area contributed by atoms with Crippen LogP contribution >= 0.6 is 0 Å². The first-order valence-electron chi connectivity index (χ1n) is 9.72. The number of methoxy groups -OCH3 is 1. The molecule has 3 heterocycles. The van der Waals surface area contributed by atoms with Gasteiger partial charge in [-0.05, 0) is 29.8 Å². The van der Waals surface area contributed by atoms with Crippen LogP contribution in [0.25, 0.3) is 17.1 Å². The number of nitrogens with one attached hydrogen (secondary N) is 1. The summed E-state index contributed by atoms with van der Waals surface area (Å²) in [5, 5.41) is 6.97. The predicted octanol–water partition coefficient (Wildman–Crippen LogP) is 2.37. The number of pyridine rings is 2. The van der Waals surface area contributed by atoms with E-state index in [2.05, 4.69) is 20.4 Å². The Hall–Kier alpha value is -4.53. The third-order valence-electron chi connectivity index (χ3n) is 4.80. The topological polar surface area (TPSA) is 125 Å². The van der Waals surface area contributed by atoms with Gasteiger partial charge in [0.1, 0.15) is 5.75 Å². The van der Waals surface area contributed by atoms with Crippen molar-refractivity contribution in [2.45, 2.75) is 6.54 Å². The average molecular weight is 428 g/mol. The van der Waals surface area contributed by atoms with Crippen molar-refractivity contribution in [2.24, 2.45) is 5.73 Å². The van der Waals surface area contributed by atoms with E-state index in [0.717, 1.165) is 16.8 Å². The third kappa shape index (κ3) is 4.46. The summed E-state index contributed by atoms with van der Waals surface area (Å²) in [6.45, 7) is 0.288. The van der Waals surface area contributed by atoms with Crippen LogP contribution in [-0.2, 0) is 6.54 Å². The van der Waals surface area contributed by atoms with Crippen LogP contribution in [0.2, 0.25) is 0 Å². The molecule has 32 heavy (non-hydrogen) atoms. The maximum absolute atomic E-state index is 12.7. The lowest BCUT2D eigenvalue weighted by atomic mass is 10.1. The molecule has 3 aromatic heterocycles. The summed E-state index contributed by atoms with van der Waals surface area (Å²) >= 11 is 0. The van der Waals surface area contributed by atoms with Crippen molar-refractivity contribution >= 4 is 11.8 Å². The number of amides is 2. The minimum absolute atomic E-state index is 0.288. The second-order valence-electron chi connectivity index (χ2n) is 6.87. The molecule has 0 aliphatic rings. The van der Waals surface area contributed by atoms with Gasteiger partial charge in [0.05, 0.1) is 18.4 Å². The zero-order chi connectivity index (χ0) is 22.5. The molecule has 160 valence electrons.